The molecule has 0 spiro atoms. The maximum atomic E-state index is 12.4. The number of ether oxygens (including phenoxy) is 2. The van der Waals surface area contributed by atoms with Crippen LogP contribution >= 0.6 is 12.2 Å². The molecule has 0 bridgehead atoms. The van der Waals surface area contributed by atoms with Crippen molar-refractivity contribution in [3.63, 3.8) is 0 Å². The zero-order chi connectivity index (χ0) is 21.3. The molecule has 0 heterocycles. The van der Waals surface area contributed by atoms with Gasteiger partial charge in [0.05, 0.1) is 14.2 Å². The van der Waals surface area contributed by atoms with Gasteiger partial charge in [-0.1, -0.05) is 12.1 Å². The van der Waals surface area contributed by atoms with Gasteiger partial charge in [0.25, 0.3) is 5.91 Å². The molecule has 0 radical (unpaired) electrons. The Labute approximate surface area is 181 Å². The lowest BCUT2D eigenvalue weighted by Gasteiger charge is -2.12. The van der Waals surface area contributed by atoms with E-state index in [0.29, 0.717) is 22.9 Å². The number of carbonyl (C=O) groups excluding carboxylic acids is 1. The molecule has 0 saturated carbocycles. The van der Waals surface area contributed by atoms with Crippen molar-refractivity contribution in [2.24, 2.45) is 0 Å². The van der Waals surface area contributed by atoms with E-state index in [2.05, 4.69) is 16.0 Å². The van der Waals surface area contributed by atoms with Crippen LogP contribution in [0.5, 0.6) is 11.5 Å². The highest BCUT2D eigenvalue weighted by Gasteiger charge is 2.07. The highest BCUT2D eigenvalue weighted by atomic mass is 32.1. The van der Waals surface area contributed by atoms with Gasteiger partial charge >= 0.3 is 0 Å². The second-order valence-corrected chi connectivity index (χ2v) is 6.82. The van der Waals surface area contributed by atoms with Gasteiger partial charge in [0, 0.05) is 23.5 Å². The molecule has 154 valence electrons. The van der Waals surface area contributed by atoms with Gasteiger partial charge < -0.3 is 25.4 Å². The number of hydrogen-bond donors (Lipinski definition) is 3. The molecule has 0 unspecified atom stereocenters. The molecule has 3 N–H and O–H groups in total. The molecule has 0 aliphatic heterocycles. The van der Waals surface area contributed by atoms with Crippen molar-refractivity contribution < 1.29 is 14.3 Å². The minimum Gasteiger partial charge on any atom is -0.497 e. The Bertz CT molecular complexity index is 988. The summed E-state index contributed by atoms with van der Waals surface area (Å²) in [7, 11) is 3.24. The lowest BCUT2D eigenvalue weighted by molar-refractivity contribution is 0.102. The first-order valence-corrected chi connectivity index (χ1v) is 9.71. The summed E-state index contributed by atoms with van der Waals surface area (Å²) in [6.45, 7) is 0.595. The first-order valence-electron chi connectivity index (χ1n) is 9.30. The van der Waals surface area contributed by atoms with Crippen LogP contribution in [0.3, 0.4) is 0 Å². The van der Waals surface area contributed by atoms with Gasteiger partial charge in [-0.25, -0.2) is 0 Å². The summed E-state index contributed by atoms with van der Waals surface area (Å²) < 4.78 is 10.3. The van der Waals surface area contributed by atoms with Gasteiger partial charge in [-0.05, 0) is 78.4 Å². The van der Waals surface area contributed by atoms with Crippen LogP contribution in [0.1, 0.15) is 15.9 Å². The summed E-state index contributed by atoms with van der Waals surface area (Å²) in [5.74, 6) is 1.36. The molecule has 0 aliphatic carbocycles. The number of hydrogen-bond acceptors (Lipinski definition) is 4. The number of amides is 1. The second kappa shape index (κ2) is 10.3. The molecule has 1 amide bonds. The van der Waals surface area contributed by atoms with Crippen molar-refractivity contribution in [3.8, 4) is 11.5 Å². The molecule has 6 nitrogen and oxygen atoms in total. The first-order chi connectivity index (χ1) is 14.6. The SMILES string of the molecule is COc1ccc(CNC(=S)Nc2ccc(C(=O)Nc3ccc(OC)cc3)cc2)cc1. The van der Waals surface area contributed by atoms with Gasteiger partial charge in [0.2, 0.25) is 0 Å². The van der Waals surface area contributed by atoms with Crippen molar-refractivity contribution in [2.75, 3.05) is 24.9 Å². The second-order valence-electron chi connectivity index (χ2n) is 6.42. The van der Waals surface area contributed by atoms with E-state index in [-0.39, 0.29) is 5.91 Å². The molecule has 3 aromatic rings. The molecule has 0 atom stereocenters. The van der Waals surface area contributed by atoms with Gasteiger partial charge in [-0.2, -0.15) is 0 Å². The maximum Gasteiger partial charge on any atom is 0.255 e. The fourth-order valence-corrected chi connectivity index (χ4v) is 2.87. The summed E-state index contributed by atoms with van der Waals surface area (Å²) in [4.78, 5) is 12.4. The van der Waals surface area contributed by atoms with E-state index < -0.39 is 0 Å². The van der Waals surface area contributed by atoms with E-state index in [9.17, 15) is 4.79 Å². The molecule has 0 aromatic heterocycles. The van der Waals surface area contributed by atoms with Crippen LogP contribution < -0.4 is 25.4 Å². The third-order valence-corrected chi connectivity index (χ3v) is 4.61. The number of rotatable bonds is 7. The molecular formula is C23H23N3O3S. The molecule has 7 heteroatoms. The van der Waals surface area contributed by atoms with E-state index in [1.807, 2.05) is 36.4 Å². The fraction of sp³-hybridized carbons (Fsp3) is 0.130. The Morgan fingerprint density at radius 1 is 0.767 bits per heavy atom. The van der Waals surface area contributed by atoms with Crippen molar-refractivity contribution >= 4 is 34.6 Å². The standard InChI is InChI=1S/C23H23N3O3S/c1-28-20-11-3-16(4-12-20)15-24-23(30)26-19-7-5-17(6-8-19)22(27)25-18-9-13-21(29-2)14-10-18/h3-14H,15H2,1-2H3,(H,25,27)(H2,24,26,30). The molecule has 3 aromatic carbocycles. The van der Waals surface area contributed by atoms with Crippen LogP contribution in [-0.4, -0.2) is 25.2 Å². The zero-order valence-corrected chi connectivity index (χ0v) is 17.6. The first kappa shape index (κ1) is 21.1. The fourth-order valence-electron chi connectivity index (χ4n) is 2.68. The third kappa shape index (κ3) is 5.96. The lowest BCUT2D eigenvalue weighted by Crippen LogP contribution is -2.27. The highest BCUT2D eigenvalue weighted by molar-refractivity contribution is 7.80. The number of carbonyl (C=O) groups is 1. The van der Waals surface area contributed by atoms with Crippen LogP contribution in [0.25, 0.3) is 0 Å². The van der Waals surface area contributed by atoms with E-state index in [1.165, 1.54) is 0 Å². The van der Waals surface area contributed by atoms with Gasteiger partial charge in [-0.3, -0.25) is 4.79 Å². The van der Waals surface area contributed by atoms with Gasteiger partial charge in [-0.15, -0.1) is 0 Å². The molecule has 0 saturated heterocycles. The zero-order valence-electron chi connectivity index (χ0n) is 16.8. The van der Waals surface area contributed by atoms with Crippen LogP contribution in [0.15, 0.2) is 72.8 Å². The van der Waals surface area contributed by atoms with Crippen LogP contribution in [0.4, 0.5) is 11.4 Å². The molecule has 0 fully saturated rings. The average molecular weight is 422 g/mol. The summed E-state index contributed by atoms with van der Waals surface area (Å²) in [5.41, 5.74) is 3.13. The number of nitrogens with one attached hydrogen (secondary N) is 3. The molecule has 0 aliphatic rings. The van der Waals surface area contributed by atoms with Crippen molar-refractivity contribution in [2.45, 2.75) is 6.54 Å². The number of benzene rings is 3. The molecule has 3 rings (SSSR count). The largest absolute Gasteiger partial charge is 0.497 e. The Hall–Kier alpha value is -3.58. The highest BCUT2D eigenvalue weighted by Crippen LogP contribution is 2.17. The number of anilines is 2. The topological polar surface area (TPSA) is 71.6 Å². The predicted molar refractivity (Wildman–Crippen MR) is 123 cm³/mol. The lowest BCUT2D eigenvalue weighted by atomic mass is 10.2. The third-order valence-electron chi connectivity index (χ3n) is 4.36. The van der Waals surface area contributed by atoms with Crippen LogP contribution in [-0.2, 0) is 6.54 Å². The summed E-state index contributed by atoms with van der Waals surface area (Å²) in [5, 5.41) is 9.62. The number of thiocarbonyl (C=S) groups is 1. The molecular weight excluding hydrogens is 398 g/mol. The average Bonchev–Trinajstić information content (AvgIpc) is 2.79. The minimum absolute atomic E-state index is 0.188. The molecule has 30 heavy (non-hydrogen) atoms. The van der Waals surface area contributed by atoms with E-state index in [1.54, 1.807) is 50.6 Å². The van der Waals surface area contributed by atoms with Gasteiger partial charge in [0.15, 0.2) is 5.11 Å². The smallest absolute Gasteiger partial charge is 0.255 e. The summed E-state index contributed by atoms with van der Waals surface area (Å²) in [6, 6.07) is 22.0. The Balaban J connectivity index is 1.50. The van der Waals surface area contributed by atoms with Crippen molar-refractivity contribution in [1.82, 2.24) is 5.32 Å². The normalized spacial score (nSPS) is 10.1. The van der Waals surface area contributed by atoms with E-state index in [0.717, 1.165) is 22.7 Å². The predicted octanol–water partition coefficient (Wildman–Crippen LogP) is 4.44. The van der Waals surface area contributed by atoms with Crippen molar-refractivity contribution in [3.05, 3.63) is 83.9 Å². The van der Waals surface area contributed by atoms with E-state index >= 15 is 0 Å². The van der Waals surface area contributed by atoms with Crippen LogP contribution in [0.2, 0.25) is 0 Å². The summed E-state index contributed by atoms with van der Waals surface area (Å²) in [6.07, 6.45) is 0. The van der Waals surface area contributed by atoms with Crippen LogP contribution in [0, 0.1) is 0 Å². The van der Waals surface area contributed by atoms with Gasteiger partial charge in [0.1, 0.15) is 11.5 Å². The Kier molecular flexibility index (Phi) is 7.24. The van der Waals surface area contributed by atoms with Crippen molar-refractivity contribution in [1.29, 1.82) is 0 Å². The Morgan fingerprint density at radius 2 is 1.27 bits per heavy atom. The quantitative estimate of drug-likeness (QED) is 0.490. The van der Waals surface area contributed by atoms with E-state index in [4.69, 9.17) is 21.7 Å². The monoisotopic (exact) mass is 421 g/mol. The minimum atomic E-state index is -0.188. The Morgan fingerprint density at radius 3 is 1.83 bits per heavy atom. The maximum absolute atomic E-state index is 12.4. The summed E-state index contributed by atoms with van der Waals surface area (Å²) >= 11 is 5.34. The number of methoxy groups -OCH3 is 2.